The first-order valence-corrected chi connectivity index (χ1v) is 7.31. The van der Waals surface area contributed by atoms with Crippen LogP contribution in [0, 0.1) is 5.92 Å². The molecule has 0 amide bonds. The second-order valence-electron chi connectivity index (χ2n) is 5.31. The van der Waals surface area contributed by atoms with Crippen molar-refractivity contribution in [1.82, 2.24) is 15.0 Å². The summed E-state index contributed by atoms with van der Waals surface area (Å²) < 4.78 is 10.8. The highest BCUT2D eigenvalue weighted by Gasteiger charge is 2.15. The van der Waals surface area contributed by atoms with E-state index >= 15 is 0 Å². The second-order valence-corrected chi connectivity index (χ2v) is 5.31. The molecule has 1 saturated heterocycles. The van der Waals surface area contributed by atoms with Crippen molar-refractivity contribution in [2.75, 3.05) is 62.0 Å². The zero-order valence-electron chi connectivity index (χ0n) is 12.7. The Labute approximate surface area is 125 Å². The normalized spacial score (nSPS) is 15.5. The average molecular weight is 296 g/mol. The van der Waals surface area contributed by atoms with Crippen LogP contribution in [-0.4, -0.2) is 61.0 Å². The molecule has 2 heterocycles. The predicted molar refractivity (Wildman–Crippen MR) is 81.4 cm³/mol. The van der Waals surface area contributed by atoms with Gasteiger partial charge in [0.25, 0.3) is 0 Å². The first-order chi connectivity index (χ1) is 10.1. The molecule has 1 aliphatic heterocycles. The zero-order chi connectivity index (χ0) is 15.1. The van der Waals surface area contributed by atoms with Gasteiger partial charge in [0.15, 0.2) is 0 Å². The van der Waals surface area contributed by atoms with Gasteiger partial charge >= 0.3 is 0 Å². The maximum atomic E-state index is 5.74. The minimum absolute atomic E-state index is 0.220. The second kappa shape index (κ2) is 7.94. The van der Waals surface area contributed by atoms with E-state index in [1.165, 1.54) is 0 Å². The van der Waals surface area contributed by atoms with Gasteiger partial charge in [-0.3, -0.25) is 0 Å². The van der Waals surface area contributed by atoms with Crippen LogP contribution in [0.25, 0.3) is 0 Å². The fourth-order valence-corrected chi connectivity index (χ4v) is 1.92. The number of anilines is 3. The molecule has 118 valence electrons. The van der Waals surface area contributed by atoms with E-state index in [1.807, 2.05) is 4.90 Å². The molecule has 0 unspecified atom stereocenters. The molecule has 1 fully saturated rings. The highest BCUT2D eigenvalue weighted by Crippen LogP contribution is 2.13. The van der Waals surface area contributed by atoms with Crippen LogP contribution in [-0.2, 0) is 9.47 Å². The Bertz CT molecular complexity index is 437. The van der Waals surface area contributed by atoms with Gasteiger partial charge in [-0.2, -0.15) is 15.0 Å². The first kappa shape index (κ1) is 15.7. The van der Waals surface area contributed by atoms with E-state index in [0.29, 0.717) is 44.2 Å². The lowest BCUT2D eigenvalue weighted by Gasteiger charge is -2.26. The van der Waals surface area contributed by atoms with E-state index in [0.717, 1.165) is 19.7 Å². The fraction of sp³-hybridized carbons (Fsp3) is 0.769. The van der Waals surface area contributed by atoms with Crippen LogP contribution in [0.3, 0.4) is 0 Å². The summed E-state index contributed by atoms with van der Waals surface area (Å²) in [7, 11) is 0. The predicted octanol–water partition coefficient (Wildman–Crippen LogP) is 0.375. The Kier molecular flexibility index (Phi) is 5.94. The summed E-state index contributed by atoms with van der Waals surface area (Å²) in [6, 6.07) is 0. The van der Waals surface area contributed by atoms with Crippen molar-refractivity contribution in [3.63, 3.8) is 0 Å². The molecule has 1 aliphatic rings. The van der Waals surface area contributed by atoms with E-state index < -0.39 is 0 Å². The number of nitrogen functional groups attached to an aromatic ring is 1. The molecule has 0 saturated carbocycles. The molecule has 1 aromatic rings. The first-order valence-electron chi connectivity index (χ1n) is 7.31. The molecule has 2 rings (SSSR count). The van der Waals surface area contributed by atoms with Crippen LogP contribution < -0.4 is 16.0 Å². The van der Waals surface area contributed by atoms with Crippen molar-refractivity contribution in [2.45, 2.75) is 13.8 Å². The number of rotatable bonds is 7. The van der Waals surface area contributed by atoms with Crippen LogP contribution in [0.5, 0.6) is 0 Å². The summed E-state index contributed by atoms with van der Waals surface area (Å²) in [4.78, 5) is 14.7. The molecule has 8 nitrogen and oxygen atoms in total. The third-order valence-electron chi connectivity index (χ3n) is 2.92. The van der Waals surface area contributed by atoms with Gasteiger partial charge in [-0.1, -0.05) is 13.8 Å². The van der Waals surface area contributed by atoms with E-state index in [1.54, 1.807) is 0 Å². The lowest BCUT2D eigenvalue weighted by atomic mass is 10.2. The Morgan fingerprint density at radius 3 is 2.76 bits per heavy atom. The molecule has 0 aliphatic carbocycles. The number of nitrogens with one attached hydrogen (secondary N) is 1. The molecule has 3 N–H and O–H groups in total. The summed E-state index contributed by atoms with van der Waals surface area (Å²) in [5.41, 5.74) is 5.74. The Balaban J connectivity index is 1.86. The van der Waals surface area contributed by atoms with Crippen LogP contribution >= 0.6 is 0 Å². The van der Waals surface area contributed by atoms with Gasteiger partial charge in [0.1, 0.15) is 0 Å². The zero-order valence-corrected chi connectivity index (χ0v) is 12.7. The maximum absolute atomic E-state index is 5.74. The number of nitrogens with two attached hydrogens (primary N) is 1. The summed E-state index contributed by atoms with van der Waals surface area (Å²) in [6.07, 6.45) is 0. The lowest BCUT2D eigenvalue weighted by Crippen LogP contribution is -2.37. The lowest BCUT2D eigenvalue weighted by molar-refractivity contribution is 0.118. The Morgan fingerprint density at radius 2 is 2.05 bits per heavy atom. The van der Waals surface area contributed by atoms with E-state index in [-0.39, 0.29) is 5.95 Å². The highest BCUT2D eigenvalue weighted by molar-refractivity contribution is 5.42. The van der Waals surface area contributed by atoms with Crippen molar-refractivity contribution in [1.29, 1.82) is 0 Å². The van der Waals surface area contributed by atoms with Crippen molar-refractivity contribution in [2.24, 2.45) is 5.92 Å². The van der Waals surface area contributed by atoms with Crippen LogP contribution in [0.1, 0.15) is 13.8 Å². The Morgan fingerprint density at radius 1 is 1.29 bits per heavy atom. The summed E-state index contributed by atoms with van der Waals surface area (Å²) in [6.45, 7) is 9.12. The summed E-state index contributed by atoms with van der Waals surface area (Å²) >= 11 is 0. The van der Waals surface area contributed by atoms with Gasteiger partial charge in [0.2, 0.25) is 17.8 Å². The minimum atomic E-state index is 0.220. The minimum Gasteiger partial charge on any atom is -0.379 e. The van der Waals surface area contributed by atoms with Crippen LogP contribution in [0.15, 0.2) is 0 Å². The maximum Gasteiger partial charge on any atom is 0.232 e. The molecule has 0 atom stereocenters. The molecule has 0 spiro atoms. The average Bonchev–Trinajstić information content (AvgIpc) is 2.47. The van der Waals surface area contributed by atoms with Crippen molar-refractivity contribution < 1.29 is 9.47 Å². The van der Waals surface area contributed by atoms with E-state index in [9.17, 15) is 0 Å². The summed E-state index contributed by atoms with van der Waals surface area (Å²) in [5, 5.41) is 3.11. The number of hydrogen-bond acceptors (Lipinski definition) is 8. The molecule has 21 heavy (non-hydrogen) atoms. The monoisotopic (exact) mass is 296 g/mol. The quantitative estimate of drug-likeness (QED) is 0.697. The number of ether oxygens (including phenoxy) is 2. The van der Waals surface area contributed by atoms with Crippen LogP contribution in [0.2, 0.25) is 0 Å². The third-order valence-corrected chi connectivity index (χ3v) is 2.92. The van der Waals surface area contributed by atoms with Crippen molar-refractivity contribution in [3.05, 3.63) is 0 Å². The largest absolute Gasteiger partial charge is 0.379 e. The highest BCUT2D eigenvalue weighted by atomic mass is 16.5. The number of aromatic nitrogens is 3. The SMILES string of the molecule is CC(C)COCCNc1nc(N)nc(N2CCOCC2)n1. The molecular weight excluding hydrogens is 272 g/mol. The standard InChI is InChI=1S/C13H24N6O2/c1-10(2)9-21-6-3-15-12-16-11(14)17-13(18-12)19-4-7-20-8-5-19/h10H,3-9H2,1-2H3,(H3,14,15,16,17,18). The Hall–Kier alpha value is -1.67. The van der Waals surface area contributed by atoms with Crippen molar-refractivity contribution in [3.8, 4) is 0 Å². The van der Waals surface area contributed by atoms with Crippen LogP contribution in [0.4, 0.5) is 17.8 Å². The molecule has 0 radical (unpaired) electrons. The van der Waals surface area contributed by atoms with Gasteiger partial charge in [-0.05, 0) is 5.92 Å². The number of nitrogens with zero attached hydrogens (tertiary/aromatic N) is 4. The topological polar surface area (TPSA) is 98.4 Å². The third kappa shape index (κ3) is 5.31. The fourth-order valence-electron chi connectivity index (χ4n) is 1.92. The van der Waals surface area contributed by atoms with Gasteiger partial charge in [-0.25, -0.2) is 0 Å². The van der Waals surface area contributed by atoms with Gasteiger partial charge < -0.3 is 25.4 Å². The van der Waals surface area contributed by atoms with Gasteiger partial charge in [-0.15, -0.1) is 0 Å². The number of hydrogen-bond donors (Lipinski definition) is 2. The molecule has 1 aromatic heterocycles. The van der Waals surface area contributed by atoms with Gasteiger partial charge in [0.05, 0.1) is 19.8 Å². The van der Waals surface area contributed by atoms with E-state index in [4.69, 9.17) is 15.2 Å². The molecule has 0 bridgehead atoms. The number of morpholine rings is 1. The smallest absolute Gasteiger partial charge is 0.232 e. The molecule has 8 heteroatoms. The van der Waals surface area contributed by atoms with E-state index in [2.05, 4.69) is 34.1 Å². The molecular formula is C13H24N6O2. The van der Waals surface area contributed by atoms with Gasteiger partial charge in [0, 0.05) is 26.2 Å². The van der Waals surface area contributed by atoms with Crippen molar-refractivity contribution >= 4 is 17.8 Å². The molecule has 0 aromatic carbocycles. The summed E-state index contributed by atoms with van der Waals surface area (Å²) in [5.74, 6) is 1.83.